The first kappa shape index (κ1) is 19.8. The summed E-state index contributed by atoms with van der Waals surface area (Å²) in [4.78, 5) is 14.2. The molecule has 0 aromatic rings. The highest BCUT2D eigenvalue weighted by molar-refractivity contribution is 5.78. The molecule has 1 fully saturated rings. The van der Waals surface area contributed by atoms with Crippen LogP contribution in [0.2, 0.25) is 0 Å². The van der Waals surface area contributed by atoms with Crippen LogP contribution >= 0.6 is 0 Å². The summed E-state index contributed by atoms with van der Waals surface area (Å²) in [5, 5.41) is 6.33. The maximum Gasteiger partial charge on any atom is 0.236 e. The van der Waals surface area contributed by atoms with Gasteiger partial charge in [-0.05, 0) is 55.8 Å². The Bertz CT molecular complexity index is 424. The molecule has 1 atom stereocenters. The van der Waals surface area contributed by atoms with Crippen LogP contribution < -0.4 is 10.6 Å². The third-order valence-corrected chi connectivity index (χ3v) is 5.03. The number of nitrogens with one attached hydrogen (secondary N) is 2. The van der Waals surface area contributed by atoms with Crippen molar-refractivity contribution in [1.29, 1.82) is 0 Å². The summed E-state index contributed by atoms with van der Waals surface area (Å²) in [5.41, 5.74) is 1.53. The second-order valence-corrected chi connectivity index (χ2v) is 6.42. The highest BCUT2D eigenvalue weighted by atomic mass is 16.2. The van der Waals surface area contributed by atoms with Crippen LogP contribution in [-0.4, -0.2) is 36.6 Å². The fraction of sp³-hybridized carbons (Fsp3) is 0.737. The predicted octanol–water partition coefficient (Wildman–Crippen LogP) is 3.67. The van der Waals surface area contributed by atoms with Gasteiger partial charge < -0.3 is 10.6 Å². The molecule has 23 heavy (non-hydrogen) atoms. The van der Waals surface area contributed by atoms with Crippen molar-refractivity contribution in [1.82, 2.24) is 15.5 Å². The lowest BCUT2D eigenvalue weighted by Crippen LogP contribution is -2.47. The molecule has 0 spiro atoms. The zero-order valence-electron chi connectivity index (χ0n) is 15.6. The predicted molar refractivity (Wildman–Crippen MR) is 100 cm³/mol. The lowest BCUT2D eigenvalue weighted by atomic mass is 9.77. The maximum absolute atomic E-state index is 12.0. The summed E-state index contributed by atoms with van der Waals surface area (Å²) in [6, 6.07) is 0. The van der Waals surface area contributed by atoms with E-state index in [1.807, 2.05) is 13.8 Å². The van der Waals surface area contributed by atoms with E-state index in [4.69, 9.17) is 0 Å². The number of nitrogens with zero attached hydrogens (tertiary/aromatic N) is 1. The molecule has 1 saturated heterocycles. The fourth-order valence-electron chi connectivity index (χ4n) is 2.97. The standard InChI is InChI=1S/C17H29N3O.C2H6.H2/c1-4-17(3,5-2)14-8-9-15(18-12-14)19-16(21)13-20-10-6-7-11-20;1-2;/h8-9,12,15,18H,4-7,10-11,13H2,1-3H3,(H,19,21);1-2H3;1H. The van der Waals surface area contributed by atoms with Crippen LogP contribution in [0.15, 0.2) is 23.9 Å². The number of dihydropyridines is 1. The van der Waals surface area contributed by atoms with Crippen LogP contribution in [0.25, 0.3) is 0 Å². The molecule has 2 N–H and O–H groups in total. The van der Waals surface area contributed by atoms with E-state index < -0.39 is 0 Å². The Morgan fingerprint density at radius 1 is 1.35 bits per heavy atom. The highest BCUT2D eigenvalue weighted by Crippen LogP contribution is 2.35. The molecule has 0 saturated carbocycles. The summed E-state index contributed by atoms with van der Waals surface area (Å²) >= 11 is 0. The SMILES string of the molecule is CC.CCC(C)(CC)C1=CNC(NC(=O)CN2CCCC2)C=C1.[HH]. The van der Waals surface area contributed by atoms with E-state index in [-0.39, 0.29) is 18.9 Å². The largest absolute Gasteiger partial charge is 0.368 e. The number of carbonyl (C=O) groups excluding carboxylic acids is 1. The Balaban J connectivity index is 0.00000170. The van der Waals surface area contributed by atoms with Gasteiger partial charge in [-0.2, -0.15) is 0 Å². The second-order valence-electron chi connectivity index (χ2n) is 6.42. The van der Waals surface area contributed by atoms with Crippen molar-refractivity contribution in [3.05, 3.63) is 23.9 Å². The fourth-order valence-corrected chi connectivity index (χ4v) is 2.97. The average Bonchev–Trinajstić information content (AvgIpc) is 3.09. The molecule has 2 aliphatic heterocycles. The summed E-state index contributed by atoms with van der Waals surface area (Å²) in [5.74, 6) is 0.102. The van der Waals surface area contributed by atoms with Crippen molar-refractivity contribution < 1.29 is 6.22 Å². The Hall–Kier alpha value is -1.29. The van der Waals surface area contributed by atoms with E-state index in [9.17, 15) is 4.79 Å². The minimum absolute atomic E-state index is 0. The molecule has 2 rings (SSSR count). The van der Waals surface area contributed by atoms with E-state index in [1.165, 1.54) is 18.4 Å². The first-order valence-electron chi connectivity index (χ1n) is 9.24. The molecule has 0 aliphatic carbocycles. The normalized spacial score (nSPS) is 21.1. The van der Waals surface area contributed by atoms with Gasteiger partial charge in [-0.25, -0.2) is 0 Å². The van der Waals surface area contributed by atoms with Crippen molar-refractivity contribution in [2.24, 2.45) is 5.41 Å². The van der Waals surface area contributed by atoms with Gasteiger partial charge in [-0.1, -0.05) is 40.7 Å². The van der Waals surface area contributed by atoms with Gasteiger partial charge in [0.05, 0.1) is 6.54 Å². The molecule has 1 unspecified atom stereocenters. The van der Waals surface area contributed by atoms with Gasteiger partial charge in [0, 0.05) is 7.63 Å². The molecule has 4 nitrogen and oxygen atoms in total. The van der Waals surface area contributed by atoms with Crippen LogP contribution in [0.4, 0.5) is 0 Å². The van der Waals surface area contributed by atoms with E-state index in [0.717, 1.165) is 25.9 Å². The second kappa shape index (κ2) is 9.76. The number of carbonyl (C=O) groups is 1. The van der Waals surface area contributed by atoms with Gasteiger partial charge in [-0.15, -0.1) is 0 Å². The number of rotatable bonds is 6. The Morgan fingerprint density at radius 3 is 2.43 bits per heavy atom. The Kier molecular flexibility index (Phi) is 8.38. The molecule has 4 heteroatoms. The van der Waals surface area contributed by atoms with Crippen LogP contribution in [0.1, 0.15) is 61.7 Å². The van der Waals surface area contributed by atoms with Crippen molar-refractivity contribution in [2.75, 3.05) is 19.6 Å². The number of amides is 1. The highest BCUT2D eigenvalue weighted by Gasteiger charge is 2.25. The van der Waals surface area contributed by atoms with Gasteiger partial charge in [0.25, 0.3) is 0 Å². The van der Waals surface area contributed by atoms with E-state index in [0.29, 0.717) is 6.54 Å². The molecule has 0 aromatic heterocycles. The van der Waals surface area contributed by atoms with Gasteiger partial charge in [-0.3, -0.25) is 9.69 Å². The number of likely N-dealkylation sites (tertiary alicyclic amines) is 1. The smallest absolute Gasteiger partial charge is 0.236 e. The maximum atomic E-state index is 12.0. The van der Waals surface area contributed by atoms with Crippen LogP contribution in [0.5, 0.6) is 0 Å². The van der Waals surface area contributed by atoms with Crippen molar-refractivity contribution in [3.8, 4) is 0 Å². The van der Waals surface area contributed by atoms with Crippen molar-refractivity contribution in [2.45, 2.75) is 66.5 Å². The van der Waals surface area contributed by atoms with Crippen molar-refractivity contribution >= 4 is 5.91 Å². The molecular weight excluding hydrogens is 286 g/mol. The minimum Gasteiger partial charge on any atom is -0.368 e. The first-order valence-corrected chi connectivity index (χ1v) is 9.24. The summed E-state index contributed by atoms with van der Waals surface area (Å²) in [7, 11) is 0. The topological polar surface area (TPSA) is 44.4 Å². The molecule has 134 valence electrons. The van der Waals surface area contributed by atoms with E-state index >= 15 is 0 Å². The summed E-state index contributed by atoms with van der Waals surface area (Å²) in [6.07, 6.45) is 10.9. The van der Waals surface area contributed by atoms with E-state index in [2.05, 4.69) is 54.7 Å². The number of allylic oxidation sites excluding steroid dienone is 2. The molecule has 0 radical (unpaired) electrons. The van der Waals surface area contributed by atoms with E-state index in [1.54, 1.807) is 0 Å². The molecular formula is C19H37N3O. The third kappa shape index (κ3) is 5.69. The summed E-state index contributed by atoms with van der Waals surface area (Å²) in [6.45, 7) is 13.4. The lowest BCUT2D eigenvalue weighted by Gasteiger charge is -2.31. The molecule has 0 bridgehead atoms. The molecule has 0 aromatic carbocycles. The lowest BCUT2D eigenvalue weighted by molar-refractivity contribution is -0.122. The van der Waals surface area contributed by atoms with Crippen LogP contribution in [0.3, 0.4) is 0 Å². The van der Waals surface area contributed by atoms with Crippen LogP contribution in [0, 0.1) is 5.41 Å². The van der Waals surface area contributed by atoms with Crippen LogP contribution in [-0.2, 0) is 4.79 Å². The summed E-state index contributed by atoms with van der Waals surface area (Å²) < 4.78 is 0. The van der Waals surface area contributed by atoms with Gasteiger partial charge in [0.15, 0.2) is 0 Å². The van der Waals surface area contributed by atoms with Crippen molar-refractivity contribution in [3.63, 3.8) is 0 Å². The molecule has 2 aliphatic rings. The molecule has 1 amide bonds. The Morgan fingerprint density at radius 2 is 1.96 bits per heavy atom. The van der Waals surface area contributed by atoms with Gasteiger partial charge >= 0.3 is 0 Å². The zero-order chi connectivity index (χ0) is 17.3. The number of hydrogen-bond donors (Lipinski definition) is 2. The molecule has 2 heterocycles. The average molecular weight is 324 g/mol. The number of hydrogen-bond acceptors (Lipinski definition) is 3. The quantitative estimate of drug-likeness (QED) is 0.784. The van der Waals surface area contributed by atoms with Gasteiger partial charge in [0.1, 0.15) is 6.17 Å². The first-order chi connectivity index (χ1) is 11.1. The van der Waals surface area contributed by atoms with Gasteiger partial charge in [0.2, 0.25) is 5.91 Å². The monoisotopic (exact) mass is 323 g/mol. The Labute approximate surface area is 143 Å². The minimum atomic E-state index is -0.0817. The third-order valence-electron chi connectivity index (χ3n) is 5.03. The zero-order valence-corrected chi connectivity index (χ0v) is 15.6.